The van der Waals surface area contributed by atoms with Crippen molar-refractivity contribution in [3.05, 3.63) is 41.5 Å². The van der Waals surface area contributed by atoms with Crippen molar-refractivity contribution < 1.29 is 23.5 Å². The summed E-state index contributed by atoms with van der Waals surface area (Å²) in [6.45, 7) is 2.26. The highest BCUT2D eigenvalue weighted by molar-refractivity contribution is 5.83. The van der Waals surface area contributed by atoms with Gasteiger partial charge in [-0.05, 0) is 44.0 Å². The van der Waals surface area contributed by atoms with Crippen LogP contribution in [0.1, 0.15) is 24.3 Å². The minimum absolute atomic E-state index is 0.123. The highest BCUT2D eigenvalue weighted by atomic mass is 19.1. The van der Waals surface area contributed by atoms with Crippen molar-refractivity contribution in [1.29, 1.82) is 0 Å². The van der Waals surface area contributed by atoms with Crippen molar-refractivity contribution in [1.82, 2.24) is 15.2 Å². The summed E-state index contributed by atoms with van der Waals surface area (Å²) in [6, 6.07) is 4.53. The molecule has 2 N–H and O–H groups in total. The first-order chi connectivity index (χ1) is 12.0. The third-order valence-electron chi connectivity index (χ3n) is 4.19. The van der Waals surface area contributed by atoms with Crippen LogP contribution in [0, 0.1) is 12.7 Å². The highest BCUT2D eigenvalue weighted by Gasteiger charge is 2.33. The van der Waals surface area contributed by atoms with Gasteiger partial charge in [0.15, 0.2) is 0 Å². The van der Waals surface area contributed by atoms with Gasteiger partial charge in [0, 0.05) is 12.1 Å². The van der Waals surface area contributed by atoms with E-state index in [1.807, 2.05) is 0 Å². The molecule has 1 aromatic heterocycles. The van der Waals surface area contributed by atoms with Crippen LogP contribution in [0.25, 0.3) is 11.5 Å². The lowest BCUT2D eigenvalue weighted by molar-refractivity contribution is -0.141. The number of oxazole rings is 1. The molecule has 0 aliphatic carbocycles. The number of nitrogens with zero attached hydrogens (tertiary/aromatic N) is 2. The number of urea groups is 1. The number of aryl methyl sites for hydroxylation is 1. The summed E-state index contributed by atoms with van der Waals surface area (Å²) in [5, 5.41) is 11.8. The Hall–Kier alpha value is -2.90. The molecule has 3 rings (SSSR count). The molecule has 0 bridgehead atoms. The number of carboxylic acids is 1. The Morgan fingerprint density at radius 3 is 2.80 bits per heavy atom. The molecule has 132 valence electrons. The SMILES string of the molecule is Cc1oc(-c2ccc(F)cc2)nc1CNC(=O)N1CCCC1C(=O)O. The number of hydrogen-bond donors (Lipinski definition) is 2. The van der Waals surface area contributed by atoms with Gasteiger partial charge >= 0.3 is 12.0 Å². The van der Waals surface area contributed by atoms with Crippen molar-refractivity contribution >= 4 is 12.0 Å². The maximum Gasteiger partial charge on any atom is 0.326 e. The Morgan fingerprint density at radius 1 is 1.40 bits per heavy atom. The normalized spacial score (nSPS) is 16.9. The third-order valence-corrected chi connectivity index (χ3v) is 4.19. The van der Waals surface area contributed by atoms with Crippen LogP contribution in [-0.4, -0.2) is 39.6 Å². The Bertz CT molecular complexity index is 788. The number of carbonyl (C=O) groups excluding carboxylic acids is 1. The zero-order valence-corrected chi connectivity index (χ0v) is 13.7. The van der Waals surface area contributed by atoms with Crippen molar-refractivity contribution in [2.45, 2.75) is 32.4 Å². The van der Waals surface area contributed by atoms with E-state index in [0.717, 1.165) is 0 Å². The first kappa shape index (κ1) is 16.9. The molecule has 1 saturated heterocycles. The molecule has 0 saturated carbocycles. The van der Waals surface area contributed by atoms with Gasteiger partial charge in [-0.15, -0.1) is 0 Å². The van der Waals surface area contributed by atoms with Crippen LogP contribution in [0.3, 0.4) is 0 Å². The van der Waals surface area contributed by atoms with Crippen LogP contribution in [-0.2, 0) is 11.3 Å². The molecular weight excluding hydrogens is 329 g/mol. The number of halogens is 1. The molecule has 2 amide bonds. The number of amides is 2. The van der Waals surface area contributed by atoms with Gasteiger partial charge in [0.05, 0.1) is 6.54 Å². The molecule has 2 heterocycles. The number of hydrogen-bond acceptors (Lipinski definition) is 4. The largest absolute Gasteiger partial charge is 0.480 e. The smallest absolute Gasteiger partial charge is 0.326 e. The summed E-state index contributed by atoms with van der Waals surface area (Å²) >= 11 is 0. The van der Waals surface area contributed by atoms with Crippen molar-refractivity contribution in [3.8, 4) is 11.5 Å². The van der Waals surface area contributed by atoms with Gasteiger partial charge < -0.3 is 19.7 Å². The third kappa shape index (κ3) is 3.62. The van der Waals surface area contributed by atoms with E-state index >= 15 is 0 Å². The van der Waals surface area contributed by atoms with Gasteiger partial charge in [0.25, 0.3) is 0 Å². The average molecular weight is 347 g/mol. The monoisotopic (exact) mass is 347 g/mol. The second-order valence-electron chi connectivity index (χ2n) is 5.88. The average Bonchev–Trinajstić information content (AvgIpc) is 3.20. The molecule has 2 aromatic rings. The Balaban J connectivity index is 1.66. The summed E-state index contributed by atoms with van der Waals surface area (Å²) in [7, 11) is 0. The fraction of sp³-hybridized carbons (Fsp3) is 0.353. The summed E-state index contributed by atoms with van der Waals surface area (Å²) in [5.74, 6) is -0.468. The number of aliphatic carboxylic acids is 1. The Labute approximate surface area is 143 Å². The summed E-state index contributed by atoms with van der Waals surface area (Å²) < 4.78 is 18.6. The molecule has 1 fully saturated rings. The van der Waals surface area contributed by atoms with Crippen LogP contribution in [0.4, 0.5) is 9.18 Å². The van der Waals surface area contributed by atoms with Crippen LogP contribution in [0.5, 0.6) is 0 Å². The minimum Gasteiger partial charge on any atom is -0.480 e. The van der Waals surface area contributed by atoms with Crippen LogP contribution >= 0.6 is 0 Å². The lowest BCUT2D eigenvalue weighted by atomic mass is 10.2. The maximum absolute atomic E-state index is 13.0. The van der Waals surface area contributed by atoms with Crippen molar-refractivity contribution in [3.63, 3.8) is 0 Å². The molecule has 0 spiro atoms. The topological polar surface area (TPSA) is 95.7 Å². The molecule has 1 aliphatic heterocycles. The quantitative estimate of drug-likeness (QED) is 0.886. The van der Waals surface area contributed by atoms with Crippen LogP contribution < -0.4 is 5.32 Å². The maximum atomic E-state index is 13.0. The molecule has 1 unspecified atom stereocenters. The van der Waals surface area contributed by atoms with E-state index < -0.39 is 18.0 Å². The zero-order chi connectivity index (χ0) is 18.0. The van der Waals surface area contributed by atoms with Crippen LogP contribution in [0.2, 0.25) is 0 Å². The first-order valence-electron chi connectivity index (χ1n) is 7.95. The zero-order valence-electron chi connectivity index (χ0n) is 13.7. The number of benzene rings is 1. The summed E-state index contributed by atoms with van der Waals surface area (Å²) in [6.07, 6.45) is 1.13. The fourth-order valence-electron chi connectivity index (χ4n) is 2.84. The molecule has 7 nitrogen and oxygen atoms in total. The van der Waals surface area contributed by atoms with Crippen molar-refractivity contribution in [2.24, 2.45) is 0 Å². The highest BCUT2D eigenvalue weighted by Crippen LogP contribution is 2.22. The molecule has 8 heteroatoms. The standard InChI is InChI=1S/C17H18FN3O4/c1-10-13(20-15(25-10)11-4-6-12(18)7-5-11)9-19-17(24)21-8-2-3-14(21)16(22)23/h4-7,14H,2-3,8-9H2,1H3,(H,19,24)(H,22,23). The Kier molecular flexibility index (Phi) is 4.69. The van der Waals surface area contributed by atoms with E-state index in [-0.39, 0.29) is 12.4 Å². The van der Waals surface area contributed by atoms with E-state index in [2.05, 4.69) is 10.3 Å². The van der Waals surface area contributed by atoms with E-state index in [9.17, 15) is 14.0 Å². The summed E-state index contributed by atoms with van der Waals surface area (Å²) in [4.78, 5) is 29.0. The van der Waals surface area contributed by atoms with Gasteiger partial charge in [-0.3, -0.25) is 0 Å². The van der Waals surface area contributed by atoms with E-state index in [4.69, 9.17) is 9.52 Å². The number of aromatic nitrogens is 1. The van der Waals surface area contributed by atoms with Gasteiger partial charge in [-0.1, -0.05) is 0 Å². The van der Waals surface area contributed by atoms with Gasteiger partial charge in [0.1, 0.15) is 23.3 Å². The summed E-state index contributed by atoms with van der Waals surface area (Å²) in [5.41, 5.74) is 1.17. The second-order valence-corrected chi connectivity index (χ2v) is 5.88. The van der Waals surface area contributed by atoms with Crippen LogP contribution in [0.15, 0.2) is 28.7 Å². The van der Waals surface area contributed by atoms with Gasteiger partial charge in [-0.25, -0.2) is 19.0 Å². The predicted octanol–water partition coefficient (Wildman–Crippen LogP) is 2.55. The molecular formula is C17H18FN3O4. The number of nitrogens with one attached hydrogen (secondary N) is 1. The molecule has 1 aromatic carbocycles. The number of rotatable bonds is 4. The van der Waals surface area contributed by atoms with Gasteiger partial charge in [-0.2, -0.15) is 0 Å². The van der Waals surface area contributed by atoms with Gasteiger partial charge in [0.2, 0.25) is 5.89 Å². The molecule has 1 atom stereocenters. The first-order valence-corrected chi connectivity index (χ1v) is 7.95. The van der Waals surface area contributed by atoms with E-state index in [1.54, 1.807) is 19.1 Å². The Morgan fingerprint density at radius 2 is 2.12 bits per heavy atom. The predicted molar refractivity (Wildman–Crippen MR) is 86.2 cm³/mol. The lowest BCUT2D eigenvalue weighted by Crippen LogP contribution is -2.45. The van der Waals surface area contributed by atoms with E-state index in [0.29, 0.717) is 42.3 Å². The second kappa shape index (κ2) is 6.92. The number of carboxylic acid groups (broad SMARTS) is 1. The van der Waals surface area contributed by atoms with E-state index in [1.165, 1.54) is 17.0 Å². The number of likely N-dealkylation sites (tertiary alicyclic amines) is 1. The molecule has 0 radical (unpaired) electrons. The fourth-order valence-corrected chi connectivity index (χ4v) is 2.84. The minimum atomic E-state index is -0.996. The molecule has 1 aliphatic rings. The van der Waals surface area contributed by atoms with Crippen molar-refractivity contribution in [2.75, 3.05) is 6.54 Å². The number of carbonyl (C=O) groups is 2. The molecule has 25 heavy (non-hydrogen) atoms. The lowest BCUT2D eigenvalue weighted by Gasteiger charge is -2.21.